The maximum absolute atomic E-state index is 11.7. The van der Waals surface area contributed by atoms with Crippen LogP contribution in [0.1, 0.15) is 57.6 Å². The third-order valence-electron chi connectivity index (χ3n) is 6.86. The third-order valence-corrected chi connectivity index (χ3v) is 6.86. The van der Waals surface area contributed by atoms with E-state index in [0.717, 1.165) is 56.8 Å². The van der Waals surface area contributed by atoms with Crippen molar-refractivity contribution in [2.75, 3.05) is 39.8 Å². The fourth-order valence-electron chi connectivity index (χ4n) is 5.33. The molecule has 2 atom stereocenters. The molecule has 186 valence electrons. The van der Waals surface area contributed by atoms with E-state index >= 15 is 0 Å². The van der Waals surface area contributed by atoms with E-state index in [1.165, 1.54) is 30.6 Å². The van der Waals surface area contributed by atoms with Crippen LogP contribution in [0.2, 0.25) is 0 Å². The number of likely N-dealkylation sites (tertiary alicyclic amines) is 2. The molecule has 2 heterocycles. The molecule has 0 spiro atoms. The van der Waals surface area contributed by atoms with Crippen LogP contribution >= 0.6 is 24.0 Å². The number of rotatable bonds is 7. The van der Waals surface area contributed by atoms with E-state index in [1.807, 2.05) is 0 Å². The van der Waals surface area contributed by atoms with E-state index in [0.29, 0.717) is 18.9 Å². The highest BCUT2D eigenvalue weighted by Crippen LogP contribution is 2.24. The fraction of sp³-hybridized carbons (Fsp3) is 0.692. The molecule has 0 aliphatic carbocycles. The second-order valence-electron chi connectivity index (χ2n) is 9.89. The Morgan fingerprint density at radius 2 is 1.73 bits per heavy atom. The highest BCUT2D eigenvalue weighted by atomic mass is 127. The van der Waals surface area contributed by atoms with E-state index in [2.05, 4.69) is 65.5 Å². The first-order chi connectivity index (χ1) is 15.5. The molecule has 0 bridgehead atoms. The number of nitrogens with one attached hydrogen (secondary N) is 2. The van der Waals surface area contributed by atoms with Crippen molar-refractivity contribution in [2.45, 2.75) is 59.5 Å². The molecule has 1 aromatic rings. The van der Waals surface area contributed by atoms with Crippen LogP contribution in [0.5, 0.6) is 0 Å². The van der Waals surface area contributed by atoms with Crippen molar-refractivity contribution in [1.29, 1.82) is 0 Å². The smallest absolute Gasteiger partial charge is 0.220 e. The highest BCUT2D eigenvalue weighted by molar-refractivity contribution is 14.0. The zero-order valence-corrected chi connectivity index (χ0v) is 23.3. The van der Waals surface area contributed by atoms with Crippen LogP contribution in [-0.2, 0) is 17.9 Å². The zero-order valence-electron chi connectivity index (χ0n) is 21.0. The van der Waals surface area contributed by atoms with Crippen molar-refractivity contribution in [2.24, 2.45) is 22.7 Å². The summed E-state index contributed by atoms with van der Waals surface area (Å²) in [5.74, 6) is 3.18. The molecule has 6 nitrogen and oxygen atoms in total. The third kappa shape index (κ3) is 8.74. The lowest BCUT2D eigenvalue weighted by molar-refractivity contribution is -0.121. The van der Waals surface area contributed by atoms with Crippen LogP contribution < -0.4 is 10.6 Å². The summed E-state index contributed by atoms with van der Waals surface area (Å²) in [6.45, 7) is 13.8. The average molecular weight is 570 g/mol. The SMILES string of the molecule is CCNC(=NCc1ccccc1CN1CC(C)CC(C)C1)N1CCC(CC(=O)NC)CC1.I. The van der Waals surface area contributed by atoms with E-state index in [-0.39, 0.29) is 29.9 Å². The van der Waals surface area contributed by atoms with Crippen molar-refractivity contribution < 1.29 is 4.79 Å². The number of hydrogen-bond acceptors (Lipinski definition) is 3. The quantitative estimate of drug-likeness (QED) is 0.295. The van der Waals surface area contributed by atoms with Crippen LogP contribution in [-0.4, -0.2) is 61.4 Å². The summed E-state index contributed by atoms with van der Waals surface area (Å²) in [7, 11) is 1.72. The topological polar surface area (TPSA) is 60.0 Å². The number of nitrogens with zero attached hydrogens (tertiary/aromatic N) is 3. The van der Waals surface area contributed by atoms with Crippen LogP contribution in [0.3, 0.4) is 0 Å². The number of halogens is 1. The molecule has 2 aliphatic rings. The Labute approximate surface area is 218 Å². The van der Waals surface area contributed by atoms with Gasteiger partial charge >= 0.3 is 0 Å². The zero-order chi connectivity index (χ0) is 22.9. The summed E-state index contributed by atoms with van der Waals surface area (Å²) in [5.41, 5.74) is 2.72. The van der Waals surface area contributed by atoms with Crippen molar-refractivity contribution in [3.63, 3.8) is 0 Å². The maximum atomic E-state index is 11.7. The van der Waals surface area contributed by atoms with Gasteiger partial charge in [-0.1, -0.05) is 38.1 Å². The summed E-state index contributed by atoms with van der Waals surface area (Å²) < 4.78 is 0. The van der Waals surface area contributed by atoms with Crippen LogP contribution in [0.4, 0.5) is 0 Å². The minimum atomic E-state index is 0. The summed E-state index contributed by atoms with van der Waals surface area (Å²) in [4.78, 5) is 21.7. The Kier molecular flexibility index (Phi) is 12.0. The van der Waals surface area contributed by atoms with Gasteiger partial charge in [-0.25, -0.2) is 4.99 Å². The predicted octanol–water partition coefficient (Wildman–Crippen LogP) is 4.10. The van der Waals surface area contributed by atoms with Gasteiger partial charge in [-0.2, -0.15) is 0 Å². The predicted molar refractivity (Wildman–Crippen MR) is 148 cm³/mol. The molecule has 2 saturated heterocycles. The van der Waals surface area contributed by atoms with Gasteiger partial charge in [0.15, 0.2) is 5.96 Å². The molecule has 3 rings (SSSR count). The summed E-state index contributed by atoms with van der Waals surface area (Å²) >= 11 is 0. The number of guanidine groups is 1. The number of amides is 1. The molecule has 2 fully saturated rings. The maximum Gasteiger partial charge on any atom is 0.220 e. The number of aliphatic imine (C=N–C) groups is 1. The summed E-state index contributed by atoms with van der Waals surface area (Å²) in [5, 5.41) is 6.24. The first kappa shape index (κ1) is 27.9. The Morgan fingerprint density at radius 3 is 2.33 bits per heavy atom. The fourth-order valence-corrected chi connectivity index (χ4v) is 5.33. The van der Waals surface area contributed by atoms with Crippen LogP contribution in [0.25, 0.3) is 0 Å². The summed E-state index contributed by atoms with van der Waals surface area (Å²) in [6.07, 6.45) is 4.06. The average Bonchev–Trinajstić information content (AvgIpc) is 2.77. The molecule has 0 aromatic heterocycles. The first-order valence-corrected chi connectivity index (χ1v) is 12.5. The van der Waals surface area contributed by atoms with Gasteiger partial charge in [0.05, 0.1) is 6.54 Å². The molecule has 2 unspecified atom stereocenters. The number of carbonyl (C=O) groups excluding carboxylic acids is 1. The Hall–Kier alpha value is -1.35. The van der Waals surface area contributed by atoms with Crippen molar-refractivity contribution in [3.8, 4) is 0 Å². The molecule has 0 radical (unpaired) electrons. The Bertz CT molecular complexity index is 753. The molecule has 2 N–H and O–H groups in total. The lowest BCUT2D eigenvalue weighted by Crippen LogP contribution is -2.46. The number of benzene rings is 1. The molecule has 2 aliphatic heterocycles. The largest absolute Gasteiger partial charge is 0.359 e. The normalized spacial score (nSPS) is 22.5. The van der Waals surface area contributed by atoms with Gasteiger partial charge in [-0.05, 0) is 55.1 Å². The van der Waals surface area contributed by atoms with Crippen LogP contribution in [0.15, 0.2) is 29.3 Å². The van der Waals surface area contributed by atoms with Crippen molar-refractivity contribution >= 4 is 35.8 Å². The van der Waals surface area contributed by atoms with Gasteiger partial charge in [0.25, 0.3) is 0 Å². The van der Waals surface area contributed by atoms with Crippen LogP contribution in [0, 0.1) is 17.8 Å². The summed E-state index contributed by atoms with van der Waals surface area (Å²) in [6, 6.07) is 8.79. The van der Waals surface area contributed by atoms with Gasteiger partial charge in [0, 0.05) is 52.7 Å². The Morgan fingerprint density at radius 1 is 1.09 bits per heavy atom. The molecular weight excluding hydrogens is 525 g/mol. The highest BCUT2D eigenvalue weighted by Gasteiger charge is 2.24. The van der Waals surface area contributed by atoms with Gasteiger partial charge in [-0.3, -0.25) is 9.69 Å². The molecule has 0 saturated carbocycles. The minimum Gasteiger partial charge on any atom is -0.359 e. The minimum absolute atomic E-state index is 0. The second kappa shape index (κ2) is 14.1. The van der Waals surface area contributed by atoms with Gasteiger partial charge in [-0.15, -0.1) is 24.0 Å². The Balaban J connectivity index is 0.00000385. The lowest BCUT2D eigenvalue weighted by atomic mass is 9.91. The molecule has 33 heavy (non-hydrogen) atoms. The van der Waals surface area contributed by atoms with Crippen molar-refractivity contribution in [3.05, 3.63) is 35.4 Å². The number of carbonyl (C=O) groups is 1. The van der Waals surface area contributed by atoms with E-state index < -0.39 is 0 Å². The molecule has 1 amide bonds. The van der Waals surface area contributed by atoms with Gasteiger partial charge < -0.3 is 15.5 Å². The standard InChI is InChI=1S/C26H43N5O.HI/c1-5-28-26(31-12-10-22(11-13-31)15-25(32)27-4)29-16-23-8-6-7-9-24(23)19-30-17-20(2)14-21(3)18-30;/h6-9,20-22H,5,10-19H2,1-4H3,(H,27,32)(H,28,29);1H. The molecule has 7 heteroatoms. The monoisotopic (exact) mass is 569 g/mol. The van der Waals surface area contributed by atoms with Gasteiger partial charge in [0.2, 0.25) is 5.91 Å². The van der Waals surface area contributed by atoms with E-state index in [4.69, 9.17) is 4.99 Å². The number of hydrogen-bond donors (Lipinski definition) is 2. The van der Waals surface area contributed by atoms with E-state index in [1.54, 1.807) is 7.05 Å². The molecular formula is C26H44IN5O. The second-order valence-corrected chi connectivity index (χ2v) is 9.89. The van der Waals surface area contributed by atoms with Crippen molar-refractivity contribution in [1.82, 2.24) is 20.4 Å². The first-order valence-electron chi connectivity index (χ1n) is 12.5. The van der Waals surface area contributed by atoms with Gasteiger partial charge in [0.1, 0.15) is 0 Å². The molecule has 1 aromatic carbocycles. The lowest BCUT2D eigenvalue weighted by Gasteiger charge is -2.35. The van der Waals surface area contributed by atoms with E-state index in [9.17, 15) is 4.79 Å². The number of piperidine rings is 2.